The first-order valence-corrected chi connectivity index (χ1v) is 7.32. The predicted molar refractivity (Wildman–Crippen MR) is 74.4 cm³/mol. The fraction of sp³-hybridized carbons (Fsp3) is 0.444. The summed E-state index contributed by atoms with van der Waals surface area (Å²) in [4.78, 5) is 13.9. The van der Waals surface area contributed by atoms with Gasteiger partial charge in [-0.1, -0.05) is 11.3 Å². The lowest BCUT2D eigenvalue weighted by atomic mass is 10.9. The Bertz CT molecular complexity index is 563. The van der Waals surface area contributed by atoms with Gasteiger partial charge in [-0.25, -0.2) is 0 Å². The molecule has 0 aliphatic heterocycles. The van der Waals surface area contributed by atoms with Gasteiger partial charge in [0.2, 0.25) is 15.6 Å². The zero-order chi connectivity index (χ0) is 13.8. The SMILES string of the molecule is CCOc1nc(Cl)nc(Sc2nnc(N(C)C)s2)n1. The van der Waals surface area contributed by atoms with Crippen LogP contribution in [0.4, 0.5) is 5.13 Å². The van der Waals surface area contributed by atoms with E-state index in [1.165, 1.54) is 23.1 Å². The molecule has 10 heteroatoms. The molecule has 0 aliphatic rings. The normalized spacial score (nSPS) is 10.5. The first-order chi connectivity index (χ1) is 9.08. The van der Waals surface area contributed by atoms with Crippen molar-refractivity contribution in [3.8, 4) is 6.01 Å². The van der Waals surface area contributed by atoms with Crippen molar-refractivity contribution in [3.05, 3.63) is 5.28 Å². The van der Waals surface area contributed by atoms with E-state index in [0.717, 1.165) is 9.47 Å². The Morgan fingerprint density at radius 1 is 1.26 bits per heavy atom. The summed E-state index contributed by atoms with van der Waals surface area (Å²) >= 11 is 8.53. The van der Waals surface area contributed by atoms with Crippen LogP contribution in [0.5, 0.6) is 6.01 Å². The number of nitrogens with zero attached hydrogens (tertiary/aromatic N) is 6. The van der Waals surface area contributed by atoms with Gasteiger partial charge in [-0.2, -0.15) is 15.0 Å². The minimum absolute atomic E-state index is 0.0956. The number of hydrogen-bond donors (Lipinski definition) is 0. The highest BCUT2D eigenvalue weighted by Crippen LogP contribution is 2.31. The van der Waals surface area contributed by atoms with Crippen LogP contribution in [0.25, 0.3) is 0 Å². The van der Waals surface area contributed by atoms with Gasteiger partial charge < -0.3 is 9.64 Å². The largest absolute Gasteiger partial charge is 0.464 e. The summed E-state index contributed by atoms with van der Waals surface area (Å²) in [7, 11) is 3.81. The summed E-state index contributed by atoms with van der Waals surface area (Å²) in [6, 6.07) is 0.211. The van der Waals surface area contributed by atoms with Crippen LogP contribution in [0.15, 0.2) is 9.50 Å². The lowest BCUT2D eigenvalue weighted by Crippen LogP contribution is -2.07. The number of hydrogen-bond acceptors (Lipinski definition) is 9. The molecule has 0 bridgehead atoms. The molecule has 19 heavy (non-hydrogen) atoms. The summed E-state index contributed by atoms with van der Waals surface area (Å²) in [5.41, 5.74) is 0. The van der Waals surface area contributed by atoms with Crippen molar-refractivity contribution in [2.75, 3.05) is 25.6 Å². The summed E-state index contributed by atoms with van der Waals surface area (Å²) in [6.07, 6.45) is 0. The maximum absolute atomic E-state index is 5.81. The molecule has 2 aromatic rings. The van der Waals surface area contributed by atoms with E-state index in [1.807, 2.05) is 25.9 Å². The van der Waals surface area contributed by atoms with Crippen molar-refractivity contribution in [1.82, 2.24) is 25.1 Å². The van der Waals surface area contributed by atoms with Gasteiger partial charge in [0.1, 0.15) is 0 Å². The summed E-state index contributed by atoms with van der Waals surface area (Å²) in [5, 5.41) is 9.42. The minimum Gasteiger partial charge on any atom is -0.464 e. The van der Waals surface area contributed by atoms with E-state index >= 15 is 0 Å². The molecule has 0 saturated carbocycles. The van der Waals surface area contributed by atoms with Crippen LogP contribution in [-0.2, 0) is 0 Å². The van der Waals surface area contributed by atoms with E-state index in [2.05, 4.69) is 25.1 Å². The van der Waals surface area contributed by atoms with E-state index in [4.69, 9.17) is 16.3 Å². The van der Waals surface area contributed by atoms with Crippen LogP contribution >= 0.6 is 34.7 Å². The van der Waals surface area contributed by atoms with Crippen LogP contribution in [0, 0.1) is 0 Å². The van der Waals surface area contributed by atoms with Crippen LogP contribution in [0.1, 0.15) is 6.92 Å². The fourth-order valence-electron chi connectivity index (χ4n) is 1.06. The average molecular weight is 319 g/mol. The topological polar surface area (TPSA) is 76.9 Å². The second-order valence-corrected chi connectivity index (χ2v) is 5.96. The molecule has 2 aromatic heterocycles. The van der Waals surface area contributed by atoms with Gasteiger partial charge >= 0.3 is 6.01 Å². The molecule has 2 rings (SSSR count). The molecule has 0 saturated heterocycles. The Labute approximate surface area is 123 Å². The van der Waals surface area contributed by atoms with Gasteiger partial charge in [0, 0.05) is 14.1 Å². The third-order valence-electron chi connectivity index (χ3n) is 1.80. The van der Waals surface area contributed by atoms with Gasteiger partial charge in [0.15, 0.2) is 4.34 Å². The fourth-order valence-corrected chi connectivity index (χ4v) is 2.87. The molecule has 0 radical (unpaired) electrons. The maximum Gasteiger partial charge on any atom is 0.321 e. The summed E-state index contributed by atoms with van der Waals surface area (Å²) < 4.78 is 5.94. The molecule has 0 aliphatic carbocycles. The van der Waals surface area contributed by atoms with Gasteiger partial charge in [0.05, 0.1) is 6.61 Å². The van der Waals surface area contributed by atoms with Crippen LogP contribution in [0.2, 0.25) is 5.28 Å². The van der Waals surface area contributed by atoms with Crippen molar-refractivity contribution in [1.29, 1.82) is 0 Å². The summed E-state index contributed by atoms with van der Waals surface area (Å²) in [5.74, 6) is 0. The molecule has 0 fully saturated rings. The number of aromatic nitrogens is 5. The van der Waals surface area contributed by atoms with Crippen molar-refractivity contribution in [2.45, 2.75) is 16.4 Å². The second-order valence-electron chi connectivity index (χ2n) is 3.45. The van der Waals surface area contributed by atoms with Gasteiger partial charge in [0.25, 0.3) is 0 Å². The van der Waals surface area contributed by atoms with Crippen molar-refractivity contribution in [3.63, 3.8) is 0 Å². The highest BCUT2D eigenvalue weighted by molar-refractivity contribution is 8.00. The van der Waals surface area contributed by atoms with E-state index < -0.39 is 0 Å². The quantitative estimate of drug-likeness (QED) is 0.828. The van der Waals surface area contributed by atoms with E-state index in [1.54, 1.807) is 0 Å². The number of anilines is 1. The zero-order valence-electron chi connectivity index (χ0n) is 10.5. The predicted octanol–water partition coefficient (Wildman–Crippen LogP) is 1.99. The van der Waals surface area contributed by atoms with Gasteiger partial charge in [-0.3, -0.25) is 0 Å². The Hall–Kier alpha value is -1.19. The molecular weight excluding hydrogens is 308 g/mol. The van der Waals surface area contributed by atoms with Crippen LogP contribution < -0.4 is 9.64 Å². The summed E-state index contributed by atoms with van der Waals surface area (Å²) in [6.45, 7) is 2.31. The third-order valence-corrected chi connectivity index (χ3v) is 3.97. The Morgan fingerprint density at radius 3 is 2.68 bits per heavy atom. The molecular formula is C9H11ClN6OS2. The molecule has 0 atom stereocenters. The number of ether oxygens (including phenoxy) is 1. The zero-order valence-corrected chi connectivity index (χ0v) is 12.9. The Morgan fingerprint density at radius 2 is 2.05 bits per heavy atom. The highest BCUT2D eigenvalue weighted by atomic mass is 35.5. The van der Waals surface area contributed by atoms with Crippen molar-refractivity contribution < 1.29 is 4.74 Å². The Kier molecular flexibility index (Phi) is 4.72. The van der Waals surface area contributed by atoms with Crippen LogP contribution in [0.3, 0.4) is 0 Å². The molecule has 7 nitrogen and oxygen atoms in total. The molecule has 0 amide bonds. The molecule has 102 valence electrons. The molecule has 0 N–H and O–H groups in total. The van der Waals surface area contributed by atoms with E-state index in [9.17, 15) is 0 Å². The monoisotopic (exact) mass is 318 g/mol. The number of rotatable bonds is 5. The number of halogens is 1. The minimum atomic E-state index is 0.0956. The van der Waals surface area contributed by atoms with E-state index in [-0.39, 0.29) is 11.3 Å². The Balaban J connectivity index is 2.17. The molecule has 0 aromatic carbocycles. The standard InChI is InChI=1S/C9H11ClN6OS2/c1-4-17-6-11-5(10)12-7(13-6)18-9-15-14-8(19-9)16(2)3/h4H2,1-3H3. The highest BCUT2D eigenvalue weighted by Gasteiger charge is 2.12. The van der Waals surface area contributed by atoms with Crippen LogP contribution in [-0.4, -0.2) is 45.9 Å². The smallest absolute Gasteiger partial charge is 0.321 e. The van der Waals surface area contributed by atoms with Gasteiger partial charge in [-0.15, -0.1) is 10.2 Å². The van der Waals surface area contributed by atoms with Crippen molar-refractivity contribution in [2.24, 2.45) is 0 Å². The molecule has 0 unspecified atom stereocenters. The first-order valence-electron chi connectivity index (χ1n) is 5.31. The molecule has 2 heterocycles. The van der Waals surface area contributed by atoms with Gasteiger partial charge in [-0.05, 0) is 30.3 Å². The molecule has 0 spiro atoms. The first kappa shape index (κ1) is 14.2. The second kappa shape index (κ2) is 6.31. The van der Waals surface area contributed by atoms with E-state index in [0.29, 0.717) is 11.8 Å². The average Bonchev–Trinajstić information content (AvgIpc) is 2.77. The lowest BCUT2D eigenvalue weighted by Gasteiger charge is -2.04. The maximum atomic E-state index is 5.81. The third kappa shape index (κ3) is 3.88. The van der Waals surface area contributed by atoms with Crippen molar-refractivity contribution >= 4 is 39.8 Å². The lowest BCUT2D eigenvalue weighted by molar-refractivity contribution is 0.307.